The number of amides is 2. The van der Waals surface area contributed by atoms with E-state index in [2.05, 4.69) is 25.9 Å². The number of anilines is 1. The molecule has 3 heterocycles. The SMILES string of the molecule is C/C(=N/NC(=O)c1ccc(Cn2nc(C)c(Cl)c2C)o1)c1ccc(NC(=O)c2cccnc2)cc1. The molecular weight excluding hydrogens is 468 g/mol. The van der Waals surface area contributed by atoms with Crippen molar-refractivity contribution in [1.29, 1.82) is 0 Å². The summed E-state index contributed by atoms with van der Waals surface area (Å²) in [5.41, 5.74) is 6.54. The average Bonchev–Trinajstić information content (AvgIpc) is 3.44. The number of furan rings is 1. The maximum absolute atomic E-state index is 12.5. The highest BCUT2D eigenvalue weighted by Crippen LogP contribution is 2.20. The van der Waals surface area contributed by atoms with E-state index in [1.807, 2.05) is 13.8 Å². The smallest absolute Gasteiger partial charge is 0.307 e. The number of aromatic nitrogens is 3. The van der Waals surface area contributed by atoms with Gasteiger partial charge in [0.15, 0.2) is 5.76 Å². The number of nitrogens with one attached hydrogen (secondary N) is 2. The lowest BCUT2D eigenvalue weighted by atomic mass is 10.1. The summed E-state index contributed by atoms with van der Waals surface area (Å²) in [6.07, 6.45) is 3.11. The molecule has 35 heavy (non-hydrogen) atoms. The van der Waals surface area contributed by atoms with Crippen LogP contribution in [0.3, 0.4) is 0 Å². The number of nitrogens with zero attached hydrogens (tertiary/aromatic N) is 4. The highest BCUT2D eigenvalue weighted by Gasteiger charge is 2.14. The number of rotatable bonds is 7. The van der Waals surface area contributed by atoms with Gasteiger partial charge in [0.2, 0.25) is 0 Å². The van der Waals surface area contributed by atoms with Crippen LogP contribution in [0, 0.1) is 13.8 Å². The molecule has 2 N–H and O–H groups in total. The molecule has 0 aliphatic heterocycles. The minimum atomic E-state index is -0.470. The number of aryl methyl sites for hydroxylation is 1. The molecule has 4 aromatic rings. The Balaban J connectivity index is 1.35. The zero-order valence-corrected chi connectivity index (χ0v) is 20.1. The lowest BCUT2D eigenvalue weighted by Gasteiger charge is -2.07. The van der Waals surface area contributed by atoms with Gasteiger partial charge in [0.25, 0.3) is 5.91 Å². The highest BCUT2D eigenvalue weighted by molar-refractivity contribution is 6.31. The molecule has 4 rings (SSSR count). The molecule has 0 fully saturated rings. The number of carbonyl (C=O) groups excluding carboxylic acids is 2. The molecule has 2 amide bonds. The van der Waals surface area contributed by atoms with Crippen molar-refractivity contribution in [3.05, 3.63) is 100.0 Å². The van der Waals surface area contributed by atoms with Crippen molar-refractivity contribution in [2.75, 3.05) is 5.32 Å². The lowest BCUT2D eigenvalue weighted by Crippen LogP contribution is -2.18. The molecule has 0 saturated heterocycles. The maximum atomic E-state index is 12.5. The Labute approximate surface area is 206 Å². The summed E-state index contributed by atoms with van der Waals surface area (Å²) in [4.78, 5) is 28.7. The summed E-state index contributed by atoms with van der Waals surface area (Å²) in [6, 6.07) is 13.8. The van der Waals surface area contributed by atoms with E-state index in [4.69, 9.17) is 16.0 Å². The van der Waals surface area contributed by atoms with E-state index < -0.39 is 5.91 Å². The normalized spacial score (nSPS) is 11.4. The molecule has 0 unspecified atom stereocenters. The summed E-state index contributed by atoms with van der Waals surface area (Å²) in [7, 11) is 0. The lowest BCUT2D eigenvalue weighted by molar-refractivity contribution is 0.0924. The van der Waals surface area contributed by atoms with Crippen LogP contribution >= 0.6 is 11.6 Å². The first-order chi connectivity index (χ1) is 16.8. The van der Waals surface area contributed by atoms with Crippen molar-refractivity contribution in [2.45, 2.75) is 27.3 Å². The van der Waals surface area contributed by atoms with E-state index in [-0.39, 0.29) is 11.7 Å². The van der Waals surface area contributed by atoms with E-state index in [9.17, 15) is 9.59 Å². The number of hydrogen-bond acceptors (Lipinski definition) is 6. The maximum Gasteiger partial charge on any atom is 0.307 e. The standard InChI is InChI=1S/C25H23ClN6O3/c1-15(18-6-8-20(9-7-18)28-24(33)19-5-4-12-27-13-19)29-30-25(34)22-11-10-21(35-22)14-32-17(3)23(26)16(2)31-32/h4-13H,14H2,1-3H3,(H,28,33)(H,30,34)/b29-15-. The van der Waals surface area contributed by atoms with Crippen LogP contribution in [0.25, 0.3) is 0 Å². The Morgan fingerprint density at radius 2 is 1.83 bits per heavy atom. The minimum absolute atomic E-state index is 0.137. The summed E-state index contributed by atoms with van der Waals surface area (Å²) < 4.78 is 7.38. The van der Waals surface area contributed by atoms with Gasteiger partial charge in [-0.25, -0.2) is 5.43 Å². The quantitative estimate of drug-likeness (QED) is 0.290. The van der Waals surface area contributed by atoms with E-state index in [1.165, 1.54) is 6.20 Å². The second kappa shape index (κ2) is 10.4. The Morgan fingerprint density at radius 1 is 1.06 bits per heavy atom. The van der Waals surface area contributed by atoms with Crippen LogP contribution in [0.5, 0.6) is 0 Å². The zero-order valence-electron chi connectivity index (χ0n) is 19.4. The first kappa shape index (κ1) is 23.9. The number of benzene rings is 1. The third-order valence-corrected chi connectivity index (χ3v) is 5.84. The minimum Gasteiger partial charge on any atom is -0.454 e. The molecule has 178 valence electrons. The topological polar surface area (TPSA) is 114 Å². The Bertz CT molecular complexity index is 1390. The molecule has 0 aliphatic carbocycles. The van der Waals surface area contributed by atoms with Gasteiger partial charge < -0.3 is 9.73 Å². The molecule has 1 aromatic carbocycles. The molecule has 10 heteroatoms. The first-order valence-electron chi connectivity index (χ1n) is 10.8. The molecule has 3 aromatic heterocycles. The average molecular weight is 491 g/mol. The van der Waals surface area contributed by atoms with Crippen LogP contribution < -0.4 is 10.7 Å². The largest absolute Gasteiger partial charge is 0.454 e. The van der Waals surface area contributed by atoms with Gasteiger partial charge in [-0.2, -0.15) is 10.2 Å². The van der Waals surface area contributed by atoms with Crippen molar-refractivity contribution in [2.24, 2.45) is 5.10 Å². The molecule has 0 saturated carbocycles. The second-order valence-electron chi connectivity index (χ2n) is 7.82. The van der Waals surface area contributed by atoms with E-state index in [0.717, 1.165) is 17.0 Å². The molecule has 0 bridgehead atoms. The Morgan fingerprint density at radius 3 is 2.49 bits per heavy atom. The van der Waals surface area contributed by atoms with Crippen molar-refractivity contribution in [3.8, 4) is 0 Å². The molecule has 0 spiro atoms. The second-order valence-corrected chi connectivity index (χ2v) is 8.20. The van der Waals surface area contributed by atoms with Gasteiger partial charge in [0.05, 0.1) is 34.2 Å². The van der Waals surface area contributed by atoms with E-state index in [0.29, 0.717) is 34.3 Å². The van der Waals surface area contributed by atoms with Crippen molar-refractivity contribution >= 4 is 34.8 Å². The fourth-order valence-corrected chi connectivity index (χ4v) is 3.45. The van der Waals surface area contributed by atoms with Crippen LogP contribution in [-0.4, -0.2) is 32.3 Å². The fourth-order valence-electron chi connectivity index (χ4n) is 3.31. The third kappa shape index (κ3) is 5.64. The number of carbonyl (C=O) groups is 2. The van der Waals surface area contributed by atoms with Crippen LogP contribution in [-0.2, 0) is 6.54 Å². The number of hydrazone groups is 1. The molecular formula is C25H23ClN6O3. The number of hydrogen-bond donors (Lipinski definition) is 2. The predicted molar refractivity (Wildman–Crippen MR) is 133 cm³/mol. The monoisotopic (exact) mass is 490 g/mol. The predicted octanol–water partition coefficient (Wildman–Crippen LogP) is 4.60. The number of halogens is 1. The van der Waals surface area contributed by atoms with Crippen molar-refractivity contribution < 1.29 is 14.0 Å². The van der Waals surface area contributed by atoms with Crippen LogP contribution in [0.2, 0.25) is 5.02 Å². The highest BCUT2D eigenvalue weighted by atomic mass is 35.5. The summed E-state index contributed by atoms with van der Waals surface area (Å²) in [6.45, 7) is 5.83. The summed E-state index contributed by atoms with van der Waals surface area (Å²) in [5.74, 6) is -0.00991. The van der Waals surface area contributed by atoms with Gasteiger partial charge in [-0.1, -0.05) is 23.7 Å². The van der Waals surface area contributed by atoms with E-state index >= 15 is 0 Å². The van der Waals surface area contributed by atoms with Crippen LogP contribution in [0.1, 0.15) is 50.5 Å². The summed E-state index contributed by atoms with van der Waals surface area (Å²) in [5, 5.41) is 11.9. The van der Waals surface area contributed by atoms with Crippen LogP contribution in [0.15, 0.2) is 70.4 Å². The Hall–Kier alpha value is -4.24. The van der Waals surface area contributed by atoms with E-state index in [1.54, 1.807) is 66.3 Å². The zero-order chi connectivity index (χ0) is 24.9. The third-order valence-electron chi connectivity index (χ3n) is 5.29. The first-order valence-corrected chi connectivity index (χ1v) is 11.1. The molecule has 9 nitrogen and oxygen atoms in total. The van der Waals surface area contributed by atoms with Crippen LogP contribution in [0.4, 0.5) is 5.69 Å². The fraction of sp³-hybridized carbons (Fsp3) is 0.160. The van der Waals surface area contributed by atoms with Gasteiger partial charge in [0, 0.05) is 18.1 Å². The van der Waals surface area contributed by atoms with Gasteiger partial charge in [0.1, 0.15) is 5.76 Å². The van der Waals surface area contributed by atoms with Gasteiger partial charge in [-0.15, -0.1) is 0 Å². The molecule has 0 radical (unpaired) electrons. The van der Waals surface area contributed by atoms with Gasteiger partial charge in [-0.3, -0.25) is 19.3 Å². The molecule has 0 atom stereocenters. The number of pyridine rings is 1. The van der Waals surface area contributed by atoms with Crippen molar-refractivity contribution in [1.82, 2.24) is 20.2 Å². The Kier molecular flexibility index (Phi) is 7.07. The molecule has 0 aliphatic rings. The van der Waals surface area contributed by atoms with Gasteiger partial charge in [-0.05, 0) is 62.7 Å². The van der Waals surface area contributed by atoms with Crippen molar-refractivity contribution in [3.63, 3.8) is 0 Å². The summed E-state index contributed by atoms with van der Waals surface area (Å²) >= 11 is 6.18. The van der Waals surface area contributed by atoms with Gasteiger partial charge >= 0.3 is 5.91 Å².